The zero-order valence-corrected chi connectivity index (χ0v) is 19.0. The van der Waals surface area contributed by atoms with Gasteiger partial charge in [-0.05, 0) is 38.1 Å². The van der Waals surface area contributed by atoms with Crippen molar-refractivity contribution < 1.29 is 9.21 Å². The lowest BCUT2D eigenvalue weighted by Crippen LogP contribution is -2.28. The Morgan fingerprint density at radius 1 is 1.23 bits per heavy atom. The fourth-order valence-electron chi connectivity index (χ4n) is 2.91. The van der Waals surface area contributed by atoms with E-state index in [1.54, 1.807) is 29.4 Å². The van der Waals surface area contributed by atoms with Crippen molar-refractivity contribution in [3.8, 4) is 0 Å². The minimum Gasteiger partial charge on any atom is -0.467 e. The summed E-state index contributed by atoms with van der Waals surface area (Å²) in [4.78, 5) is 16.9. The third kappa shape index (κ3) is 4.88. The van der Waals surface area contributed by atoms with Crippen LogP contribution in [0.1, 0.15) is 31.5 Å². The van der Waals surface area contributed by atoms with Gasteiger partial charge in [0.05, 0.1) is 34.0 Å². The Labute approximate surface area is 186 Å². The molecule has 1 atom stereocenters. The minimum absolute atomic E-state index is 0.0695. The molecule has 0 bridgehead atoms. The number of furan rings is 1. The maximum absolute atomic E-state index is 12.3. The third-order valence-corrected chi connectivity index (χ3v) is 7.53. The number of aromatic nitrogens is 4. The molecule has 1 amide bonds. The van der Waals surface area contributed by atoms with Crippen LogP contribution in [0.3, 0.4) is 0 Å². The van der Waals surface area contributed by atoms with E-state index in [2.05, 4.69) is 33.5 Å². The van der Waals surface area contributed by atoms with Crippen molar-refractivity contribution in [3.63, 3.8) is 0 Å². The number of nitrogens with zero attached hydrogens (tertiary/aromatic N) is 4. The fraction of sp³-hybridized carbons (Fsp3) is 0.300. The number of nitrogens with one attached hydrogen (secondary N) is 1. The fourth-order valence-corrected chi connectivity index (χ4v) is 5.75. The molecular formula is C20H21N5O2S3. The lowest BCUT2D eigenvalue weighted by atomic mass is 10.2. The molecule has 1 N–H and O–H groups in total. The molecule has 1 unspecified atom stereocenters. The summed E-state index contributed by atoms with van der Waals surface area (Å²) in [5, 5.41) is 12.3. The molecule has 0 aliphatic rings. The smallest absolute Gasteiger partial charge is 0.231 e. The van der Waals surface area contributed by atoms with Crippen molar-refractivity contribution in [1.29, 1.82) is 0 Å². The van der Waals surface area contributed by atoms with Crippen molar-refractivity contribution in [1.82, 2.24) is 25.1 Å². The third-order valence-electron chi connectivity index (χ3n) is 4.39. The summed E-state index contributed by atoms with van der Waals surface area (Å²) in [6, 6.07) is 11.6. The molecule has 4 rings (SSSR count). The van der Waals surface area contributed by atoms with Gasteiger partial charge < -0.3 is 14.3 Å². The SMILES string of the molecule is CCn1c(CSc2nc3ccccc3s2)nnc1SCC(=O)NC(C)c1ccco1. The quantitative estimate of drug-likeness (QED) is 0.361. The van der Waals surface area contributed by atoms with Crippen LogP contribution in [-0.2, 0) is 17.1 Å². The van der Waals surface area contributed by atoms with E-state index in [1.165, 1.54) is 16.5 Å². The van der Waals surface area contributed by atoms with Gasteiger partial charge in [0.2, 0.25) is 5.91 Å². The van der Waals surface area contributed by atoms with Crippen molar-refractivity contribution in [2.45, 2.75) is 41.7 Å². The molecule has 156 valence electrons. The Morgan fingerprint density at radius 2 is 2.10 bits per heavy atom. The highest BCUT2D eigenvalue weighted by atomic mass is 32.2. The second-order valence-corrected chi connectivity index (χ2v) is 9.67. The summed E-state index contributed by atoms with van der Waals surface area (Å²) in [7, 11) is 0. The topological polar surface area (TPSA) is 85.8 Å². The summed E-state index contributed by atoms with van der Waals surface area (Å²) in [6.45, 7) is 4.70. The van der Waals surface area contributed by atoms with Crippen LogP contribution in [0, 0.1) is 0 Å². The van der Waals surface area contributed by atoms with E-state index in [-0.39, 0.29) is 17.7 Å². The van der Waals surface area contributed by atoms with Crippen molar-refractivity contribution in [3.05, 3.63) is 54.2 Å². The van der Waals surface area contributed by atoms with E-state index in [0.717, 1.165) is 33.1 Å². The van der Waals surface area contributed by atoms with E-state index < -0.39 is 0 Å². The highest BCUT2D eigenvalue weighted by molar-refractivity contribution is 8.00. The number of hydrogen-bond donors (Lipinski definition) is 1. The van der Waals surface area contributed by atoms with Gasteiger partial charge in [-0.2, -0.15) is 0 Å². The number of rotatable bonds is 9. The largest absolute Gasteiger partial charge is 0.467 e. The van der Waals surface area contributed by atoms with Gasteiger partial charge in [0, 0.05) is 6.54 Å². The summed E-state index contributed by atoms with van der Waals surface area (Å²) >= 11 is 4.73. The van der Waals surface area contributed by atoms with Crippen LogP contribution in [-0.4, -0.2) is 31.4 Å². The van der Waals surface area contributed by atoms with Crippen LogP contribution >= 0.6 is 34.9 Å². The van der Waals surface area contributed by atoms with Gasteiger partial charge in [0.1, 0.15) is 11.6 Å². The molecular weight excluding hydrogens is 438 g/mol. The average molecular weight is 460 g/mol. The molecule has 1 aromatic carbocycles. The minimum atomic E-state index is -0.169. The average Bonchev–Trinajstić information content (AvgIpc) is 3.49. The molecule has 0 saturated heterocycles. The maximum atomic E-state index is 12.3. The highest BCUT2D eigenvalue weighted by Gasteiger charge is 2.16. The number of thiazole rings is 1. The number of thioether (sulfide) groups is 2. The van der Waals surface area contributed by atoms with E-state index in [4.69, 9.17) is 4.42 Å². The molecule has 0 aliphatic carbocycles. The second kappa shape index (κ2) is 9.67. The molecule has 3 aromatic heterocycles. The van der Waals surface area contributed by atoms with Crippen LogP contribution in [0.5, 0.6) is 0 Å². The molecule has 7 nitrogen and oxygen atoms in total. The summed E-state index contributed by atoms with van der Waals surface area (Å²) in [5.74, 6) is 2.50. The molecule has 0 fully saturated rings. The first-order chi connectivity index (χ1) is 14.6. The number of benzene rings is 1. The molecule has 10 heteroatoms. The van der Waals surface area contributed by atoms with Crippen LogP contribution in [0.2, 0.25) is 0 Å². The number of hydrogen-bond acceptors (Lipinski definition) is 8. The Bertz CT molecular complexity index is 1090. The molecule has 30 heavy (non-hydrogen) atoms. The van der Waals surface area contributed by atoms with Gasteiger partial charge in [0.25, 0.3) is 0 Å². The van der Waals surface area contributed by atoms with Crippen LogP contribution < -0.4 is 5.32 Å². The lowest BCUT2D eigenvalue weighted by Gasteiger charge is -2.11. The van der Waals surface area contributed by atoms with E-state index in [9.17, 15) is 4.79 Å². The number of carbonyl (C=O) groups excluding carboxylic acids is 1. The Kier molecular flexibility index (Phi) is 6.76. The molecule has 3 heterocycles. The standard InChI is InChI=1S/C20H21N5O2S3/c1-3-25-17(11-29-20-22-14-7-4-5-9-16(14)30-20)23-24-19(25)28-12-18(26)21-13(2)15-8-6-10-27-15/h4-10,13H,3,11-12H2,1-2H3,(H,21,26). The van der Waals surface area contributed by atoms with Gasteiger partial charge in [-0.3, -0.25) is 4.79 Å². The molecule has 0 saturated carbocycles. The monoisotopic (exact) mass is 459 g/mol. The van der Waals surface area contributed by atoms with Crippen LogP contribution in [0.25, 0.3) is 10.2 Å². The van der Waals surface area contributed by atoms with Crippen molar-refractivity contribution >= 4 is 51.0 Å². The molecule has 0 radical (unpaired) electrons. The first kappa shape index (κ1) is 21.0. The van der Waals surface area contributed by atoms with E-state index >= 15 is 0 Å². The van der Waals surface area contributed by atoms with Gasteiger partial charge in [-0.1, -0.05) is 35.7 Å². The van der Waals surface area contributed by atoms with Gasteiger partial charge in [-0.25, -0.2) is 4.98 Å². The number of carbonyl (C=O) groups is 1. The first-order valence-electron chi connectivity index (χ1n) is 9.50. The van der Waals surface area contributed by atoms with Gasteiger partial charge in [0.15, 0.2) is 9.50 Å². The molecule has 4 aromatic rings. The summed E-state index contributed by atoms with van der Waals surface area (Å²) in [6.07, 6.45) is 1.60. The number of amides is 1. The number of para-hydroxylation sites is 1. The van der Waals surface area contributed by atoms with E-state index in [1.807, 2.05) is 41.8 Å². The van der Waals surface area contributed by atoms with Crippen LogP contribution in [0.4, 0.5) is 0 Å². The second-order valence-electron chi connectivity index (χ2n) is 6.47. The van der Waals surface area contributed by atoms with Gasteiger partial charge >= 0.3 is 0 Å². The zero-order chi connectivity index (χ0) is 20.9. The first-order valence-corrected chi connectivity index (χ1v) is 12.3. The molecule has 0 aliphatic heterocycles. The lowest BCUT2D eigenvalue weighted by molar-refractivity contribution is -0.119. The number of fused-ring (bicyclic) bond motifs is 1. The molecule has 0 spiro atoms. The Hall–Kier alpha value is -2.30. The highest BCUT2D eigenvalue weighted by Crippen LogP contribution is 2.31. The van der Waals surface area contributed by atoms with Crippen molar-refractivity contribution in [2.24, 2.45) is 0 Å². The maximum Gasteiger partial charge on any atom is 0.231 e. The predicted molar refractivity (Wildman–Crippen MR) is 121 cm³/mol. The Balaban J connectivity index is 1.34. The van der Waals surface area contributed by atoms with Crippen LogP contribution in [0.15, 0.2) is 56.6 Å². The summed E-state index contributed by atoms with van der Waals surface area (Å²) in [5.41, 5.74) is 1.02. The Morgan fingerprint density at radius 3 is 2.87 bits per heavy atom. The summed E-state index contributed by atoms with van der Waals surface area (Å²) < 4.78 is 9.58. The van der Waals surface area contributed by atoms with Crippen molar-refractivity contribution in [2.75, 3.05) is 5.75 Å². The zero-order valence-electron chi connectivity index (χ0n) is 16.6. The van der Waals surface area contributed by atoms with Gasteiger partial charge in [-0.15, -0.1) is 21.5 Å². The predicted octanol–water partition coefficient (Wildman–Crippen LogP) is 4.76. The van der Waals surface area contributed by atoms with E-state index in [0.29, 0.717) is 5.75 Å². The normalized spacial score (nSPS) is 12.3.